The molecule has 0 spiro atoms. The first-order valence-electron chi connectivity index (χ1n) is 3.54. The van der Waals surface area contributed by atoms with Crippen molar-refractivity contribution < 1.29 is 27.8 Å². The van der Waals surface area contributed by atoms with Gasteiger partial charge in [0.2, 0.25) is 0 Å². The third-order valence-electron chi connectivity index (χ3n) is 1.38. The monoisotopic (exact) mass is 222 g/mol. The van der Waals surface area contributed by atoms with Crippen molar-refractivity contribution in [1.29, 1.82) is 0 Å². The summed E-state index contributed by atoms with van der Waals surface area (Å²) in [5.41, 5.74) is 3.99. The maximum Gasteiger partial charge on any atom is 0.573 e. The van der Waals surface area contributed by atoms with Gasteiger partial charge in [-0.2, -0.15) is 0 Å². The van der Waals surface area contributed by atoms with Crippen LogP contribution in [0.4, 0.5) is 18.9 Å². The fourth-order valence-electron chi connectivity index (χ4n) is 0.888. The smallest absolute Gasteiger partial charge is 0.477 e. The number of halogens is 3. The second-order valence-corrected chi connectivity index (χ2v) is 2.45. The van der Waals surface area contributed by atoms with E-state index in [1.54, 1.807) is 0 Å². The third-order valence-corrected chi connectivity index (χ3v) is 1.38. The number of alkyl halides is 3. The van der Waals surface area contributed by atoms with Crippen LogP contribution in [0.15, 0.2) is 12.4 Å². The molecule has 0 aliphatic rings. The van der Waals surface area contributed by atoms with E-state index in [4.69, 9.17) is 10.8 Å². The molecule has 1 rings (SSSR count). The van der Waals surface area contributed by atoms with Crippen molar-refractivity contribution in [3.05, 3.63) is 18.0 Å². The van der Waals surface area contributed by atoms with Crippen LogP contribution in [0.2, 0.25) is 0 Å². The van der Waals surface area contributed by atoms with Crippen LogP contribution in [-0.4, -0.2) is 22.4 Å². The van der Waals surface area contributed by atoms with Gasteiger partial charge in [0.1, 0.15) is 5.56 Å². The van der Waals surface area contributed by atoms with Crippen LogP contribution in [0, 0.1) is 0 Å². The van der Waals surface area contributed by atoms with E-state index in [1.807, 2.05) is 0 Å². The molecule has 82 valence electrons. The number of aromatic carboxylic acids is 1. The summed E-state index contributed by atoms with van der Waals surface area (Å²) in [5.74, 6) is -2.55. The van der Waals surface area contributed by atoms with E-state index >= 15 is 0 Å². The Morgan fingerprint density at radius 3 is 2.53 bits per heavy atom. The quantitative estimate of drug-likeness (QED) is 0.786. The van der Waals surface area contributed by atoms with E-state index in [2.05, 4.69) is 9.72 Å². The van der Waals surface area contributed by atoms with Gasteiger partial charge in [-0.3, -0.25) is 4.98 Å². The molecular weight excluding hydrogens is 217 g/mol. The number of carboxylic acid groups (broad SMARTS) is 1. The van der Waals surface area contributed by atoms with E-state index in [9.17, 15) is 18.0 Å². The normalized spacial score (nSPS) is 11.1. The number of anilines is 1. The predicted octanol–water partition coefficient (Wildman–Crippen LogP) is 1.26. The van der Waals surface area contributed by atoms with E-state index in [0.29, 0.717) is 6.20 Å². The summed E-state index contributed by atoms with van der Waals surface area (Å²) in [6.07, 6.45) is -3.43. The molecule has 0 bridgehead atoms. The lowest BCUT2D eigenvalue weighted by molar-refractivity contribution is -0.274. The van der Waals surface area contributed by atoms with E-state index < -0.39 is 29.3 Å². The van der Waals surface area contributed by atoms with E-state index in [1.165, 1.54) is 0 Å². The second-order valence-electron chi connectivity index (χ2n) is 2.45. The van der Waals surface area contributed by atoms with Crippen LogP contribution >= 0.6 is 0 Å². The van der Waals surface area contributed by atoms with Crippen molar-refractivity contribution >= 4 is 11.7 Å². The number of rotatable bonds is 2. The Balaban J connectivity index is 3.18. The molecule has 0 radical (unpaired) electrons. The molecule has 0 atom stereocenters. The highest BCUT2D eigenvalue weighted by Gasteiger charge is 2.33. The highest BCUT2D eigenvalue weighted by molar-refractivity contribution is 5.96. The zero-order valence-electron chi connectivity index (χ0n) is 7.08. The summed E-state index contributed by atoms with van der Waals surface area (Å²) < 4.78 is 38.9. The number of hydrogen-bond acceptors (Lipinski definition) is 4. The molecule has 0 aliphatic heterocycles. The van der Waals surface area contributed by atoms with Crippen molar-refractivity contribution in [2.75, 3.05) is 5.73 Å². The molecule has 3 N–H and O–H groups in total. The topological polar surface area (TPSA) is 85.4 Å². The average molecular weight is 222 g/mol. The van der Waals surface area contributed by atoms with Gasteiger partial charge >= 0.3 is 12.3 Å². The number of hydrogen-bond donors (Lipinski definition) is 2. The van der Waals surface area contributed by atoms with Gasteiger partial charge in [-0.15, -0.1) is 13.2 Å². The predicted molar refractivity (Wildman–Crippen MR) is 42.3 cm³/mol. The SMILES string of the molecule is Nc1cncc(OC(F)(F)F)c1C(=O)O. The maximum absolute atomic E-state index is 11.8. The van der Waals surface area contributed by atoms with Crippen molar-refractivity contribution in [3.8, 4) is 5.75 Å². The Labute approximate surface area is 81.3 Å². The number of ether oxygens (including phenoxy) is 1. The molecule has 0 aliphatic carbocycles. The fourth-order valence-corrected chi connectivity index (χ4v) is 0.888. The Kier molecular flexibility index (Phi) is 2.69. The van der Waals surface area contributed by atoms with Crippen LogP contribution in [-0.2, 0) is 0 Å². The van der Waals surface area contributed by atoms with Gasteiger partial charge in [0, 0.05) is 0 Å². The number of aromatic nitrogens is 1. The molecule has 15 heavy (non-hydrogen) atoms. The Hall–Kier alpha value is -1.99. The van der Waals surface area contributed by atoms with Crippen molar-refractivity contribution in [2.24, 2.45) is 0 Å². The van der Waals surface area contributed by atoms with Crippen LogP contribution in [0.1, 0.15) is 10.4 Å². The second kappa shape index (κ2) is 3.64. The maximum atomic E-state index is 11.8. The zero-order chi connectivity index (χ0) is 11.6. The van der Waals surface area contributed by atoms with Gasteiger partial charge in [-0.05, 0) is 0 Å². The molecule has 0 saturated carbocycles. The van der Waals surface area contributed by atoms with Crippen LogP contribution in [0.5, 0.6) is 5.75 Å². The minimum Gasteiger partial charge on any atom is -0.477 e. The molecule has 1 aromatic heterocycles. The highest BCUT2D eigenvalue weighted by atomic mass is 19.4. The first kappa shape index (κ1) is 11.1. The molecule has 8 heteroatoms. The van der Waals surface area contributed by atoms with Gasteiger partial charge in [-0.25, -0.2) is 4.79 Å². The molecule has 0 amide bonds. The number of pyridine rings is 1. The van der Waals surface area contributed by atoms with Gasteiger partial charge in [0.15, 0.2) is 5.75 Å². The van der Waals surface area contributed by atoms with Gasteiger partial charge < -0.3 is 15.6 Å². The lowest BCUT2D eigenvalue weighted by Gasteiger charge is -2.11. The van der Waals surface area contributed by atoms with Crippen LogP contribution in [0.25, 0.3) is 0 Å². The summed E-state index contributed by atoms with van der Waals surface area (Å²) in [7, 11) is 0. The van der Waals surface area contributed by atoms with Crippen LogP contribution in [0.3, 0.4) is 0 Å². The van der Waals surface area contributed by atoms with Crippen molar-refractivity contribution in [2.45, 2.75) is 6.36 Å². The summed E-state index contributed by atoms with van der Waals surface area (Å²) in [5, 5.41) is 8.59. The Bertz CT molecular complexity index is 392. The Morgan fingerprint density at radius 1 is 1.47 bits per heavy atom. The lowest BCUT2D eigenvalue weighted by atomic mass is 10.2. The molecule has 0 fully saturated rings. The van der Waals surface area contributed by atoms with Gasteiger partial charge in [0.25, 0.3) is 0 Å². The van der Waals surface area contributed by atoms with Crippen LogP contribution < -0.4 is 10.5 Å². The number of nitrogens with two attached hydrogens (primary N) is 1. The molecule has 0 aromatic carbocycles. The Morgan fingerprint density at radius 2 is 2.07 bits per heavy atom. The molecular formula is C7H5F3N2O3. The summed E-state index contributed by atoms with van der Waals surface area (Å²) >= 11 is 0. The highest BCUT2D eigenvalue weighted by Crippen LogP contribution is 2.28. The number of nitrogen functional groups attached to an aromatic ring is 1. The zero-order valence-corrected chi connectivity index (χ0v) is 7.08. The molecule has 1 aromatic rings. The molecule has 0 unspecified atom stereocenters. The first-order chi connectivity index (χ1) is 6.81. The largest absolute Gasteiger partial charge is 0.573 e. The number of carbonyl (C=O) groups is 1. The average Bonchev–Trinajstić information content (AvgIpc) is 1.99. The first-order valence-corrected chi connectivity index (χ1v) is 3.54. The number of carboxylic acids is 1. The standard InChI is InChI=1S/C7H5F3N2O3/c8-7(9,10)15-4-2-12-1-3(11)5(4)6(13)14/h1-2H,11H2,(H,13,14). The minimum atomic E-state index is -4.99. The summed E-state index contributed by atoms with van der Waals surface area (Å²) in [6.45, 7) is 0. The van der Waals surface area contributed by atoms with E-state index in [-0.39, 0.29) is 0 Å². The summed E-state index contributed by atoms with van der Waals surface area (Å²) in [4.78, 5) is 13.9. The fraction of sp³-hybridized carbons (Fsp3) is 0.143. The van der Waals surface area contributed by atoms with E-state index in [0.717, 1.165) is 6.20 Å². The summed E-state index contributed by atoms with van der Waals surface area (Å²) in [6, 6.07) is 0. The van der Waals surface area contributed by atoms with Gasteiger partial charge in [-0.1, -0.05) is 0 Å². The van der Waals surface area contributed by atoms with Crippen molar-refractivity contribution in [1.82, 2.24) is 4.98 Å². The molecule has 0 saturated heterocycles. The van der Waals surface area contributed by atoms with Crippen molar-refractivity contribution in [3.63, 3.8) is 0 Å². The third kappa shape index (κ3) is 2.73. The lowest BCUT2D eigenvalue weighted by Crippen LogP contribution is -2.19. The minimum absolute atomic E-state index is 0.399. The molecule has 1 heterocycles. The molecule has 5 nitrogen and oxygen atoms in total. The number of nitrogens with zero attached hydrogens (tertiary/aromatic N) is 1. The van der Waals surface area contributed by atoms with Gasteiger partial charge in [0.05, 0.1) is 18.1 Å².